The molecular formula is C25H32N2O3. The summed E-state index contributed by atoms with van der Waals surface area (Å²) in [5.74, 6) is 2.24. The number of nitrogens with one attached hydrogen (secondary N) is 2. The molecule has 5 heteroatoms. The van der Waals surface area contributed by atoms with Crippen molar-refractivity contribution in [3.05, 3.63) is 36.0 Å². The molecule has 30 heavy (non-hydrogen) atoms. The molecule has 1 amide bonds. The van der Waals surface area contributed by atoms with Crippen LogP contribution in [-0.4, -0.2) is 29.5 Å². The number of aromatic amines is 1. The van der Waals surface area contributed by atoms with Crippen LogP contribution >= 0.6 is 0 Å². The van der Waals surface area contributed by atoms with Gasteiger partial charge in [-0.15, -0.1) is 0 Å². The van der Waals surface area contributed by atoms with Crippen molar-refractivity contribution in [1.29, 1.82) is 0 Å². The van der Waals surface area contributed by atoms with Gasteiger partial charge < -0.3 is 15.0 Å². The van der Waals surface area contributed by atoms with Gasteiger partial charge in [-0.2, -0.15) is 0 Å². The van der Waals surface area contributed by atoms with Crippen LogP contribution in [0.15, 0.2) is 30.5 Å². The van der Waals surface area contributed by atoms with E-state index in [-0.39, 0.29) is 18.6 Å². The summed E-state index contributed by atoms with van der Waals surface area (Å²) in [6, 6.07) is 8.21. The topological polar surface area (TPSA) is 71.2 Å². The Bertz CT molecular complexity index is 936. The van der Waals surface area contributed by atoms with Gasteiger partial charge in [0.1, 0.15) is 5.41 Å². The lowest BCUT2D eigenvalue weighted by Gasteiger charge is -2.54. The predicted molar refractivity (Wildman–Crippen MR) is 116 cm³/mol. The highest BCUT2D eigenvalue weighted by Gasteiger charge is 2.51. The molecule has 2 N–H and O–H groups in total. The number of rotatable bonds is 6. The van der Waals surface area contributed by atoms with Crippen LogP contribution in [0, 0.1) is 29.1 Å². The molecule has 1 heterocycles. The minimum atomic E-state index is -1.24. The van der Waals surface area contributed by atoms with Crippen molar-refractivity contribution in [2.45, 2.75) is 58.4 Å². The molecular weight excluding hydrogens is 376 g/mol. The average Bonchev–Trinajstić information content (AvgIpc) is 3.13. The standard InChI is InChI=1S/C25H32N2O3/c1-3-30-24(29)25(2,13-19-14-26-21-7-5-4-6-20(19)21)23(28)27-22-17-9-15-8-16(11-17)12-18(22)10-15/h4-7,14-18,22,26H,3,8-13H2,1-2H3,(H,27,28). The summed E-state index contributed by atoms with van der Waals surface area (Å²) in [6.07, 6.45) is 8.56. The summed E-state index contributed by atoms with van der Waals surface area (Å²) in [7, 11) is 0. The van der Waals surface area contributed by atoms with Gasteiger partial charge >= 0.3 is 5.97 Å². The van der Waals surface area contributed by atoms with E-state index in [1.165, 1.54) is 32.1 Å². The van der Waals surface area contributed by atoms with Gasteiger partial charge in [0.2, 0.25) is 5.91 Å². The molecule has 4 saturated carbocycles. The summed E-state index contributed by atoms with van der Waals surface area (Å²) in [5, 5.41) is 4.40. The zero-order chi connectivity index (χ0) is 20.9. The Morgan fingerprint density at radius 1 is 1.10 bits per heavy atom. The van der Waals surface area contributed by atoms with Gasteiger partial charge in [-0.3, -0.25) is 9.59 Å². The van der Waals surface area contributed by atoms with E-state index in [4.69, 9.17) is 4.74 Å². The minimum absolute atomic E-state index is 0.177. The maximum absolute atomic E-state index is 13.6. The fourth-order valence-electron chi connectivity index (χ4n) is 6.67. The number of H-pyrrole nitrogens is 1. The third kappa shape index (κ3) is 3.23. The van der Waals surface area contributed by atoms with Crippen LogP contribution in [0.3, 0.4) is 0 Å². The van der Waals surface area contributed by atoms with E-state index in [0.29, 0.717) is 18.3 Å². The first kappa shape index (κ1) is 19.7. The first-order valence-corrected chi connectivity index (χ1v) is 11.5. The van der Waals surface area contributed by atoms with Crippen molar-refractivity contribution in [3.63, 3.8) is 0 Å². The van der Waals surface area contributed by atoms with Gasteiger partial charge in [0.25, 0.3) is 0 Å². The van der Waals surface area contributed by atoms with Crippen LogP contribution < -0.4 is 5.32 Å². The van der Waals surface area contributed by atoms with E-state index in [1.807, 2.05) is 30.5 Å². The summed E-state index contributed by atoms with van der Waals surface area (Å²) < 4.78 is 5.39. The summed E-state index contributed by atoms with van der Waals surface area (Å²) >= 11 is 0. The molecule has 4 fully saturated rings. The van der Waals surface area contributed by atoms with Crippen LogP contribution in [0.2, 0.25) is 0 Å². The number of hydrogen-bond acceptors (Lipinski definition) is 3. The summed E-state index contributed by atoms with van der Waals surface area (Å²) in [5.41, 5.74) is 0.747. The molecule has 0 aliphatic heterocycles. The van der Waals surface area contributed by atoms with E-state index < -0.39 is 11.4 Å². The number of amides is 1. The number of fused-ring (bicyclic) bond motifs is 1. The lowest BCUT2D eigenvalue weighted by Crippen LogP contribution is -2.59. The van der Waals surface area contributed by atoms with Crippen LogP contribution in [-0.2, 0) is 20.7 Å². The van der Waals surface area contributed by atoms with E-state index in [1.54, 1.807) is 13.8 Å². The van der Waals surface area contributed by atoms with Crippen molar-refractivity contribution >= 4 is 22.8 Å². The van der Waals surface area contributed by atoms with Crippen LogP contribution in [0.4, 0.5) is 0 Å². The average molecular weight is 409 g/mol. The first-order chi connectivity index (χ1) is 14.5. The largest absolute Gasteiger partial charge is 0.465 e. The molecule has 2 aromatic rings. The monoisotopic (exact) mass is 408 g/mol. The molecule has 1 unspecified atom stereocenters. The van der Waals surface area contributed by atoms with Crippen LogP contribution in [0.1, 0.15) is 51.5 Å². The van der Waals surface area contributed by atoms with Gasteiger partial charge in [0.15, 0.2) is 0 Å². The number of carbonyl (C=O) groups is 2. The molecule has 1 aromatic heterocycles. The van der Waals surface area contributed by atoms with Crippen molar-refractivity contribution in [3.8, 4) is 0 Å². The lowest BCUT2D eigenvalue weighted by molar-refractivity contribution is -0.161. The number of carbonyl (C=O) groups excluding carboxylic acids is 2. The van der Waals surface area contributed by atoms with Crippen molar-refractivity contribution in [2.75, 3.05) is 6.61 Å². The van der Waals surface area contributed by atoms with Gasteiger partial charge in [0, 0.05) is 23.1 Å². The highest BCUT2D eigenvalue weighted by Crippen LogP contribution is 2.53. The Labute approximate surface area is 177 Å². The Morgan fingerprint density at radius 3 is 2.43 bits per heavy atom. The maximum Gasteiger partial charge on any atom is 0.321 e. The third-order valence-corrected chi connectivity index (χ3v) is 7.97. The smallest absolute Gasteiger partial charge is 0.321 e. The second-order valence-corrected chi connectivity index (χ2v) is 10.0. The molecule has 4 aliphatic carbocycles. The summed E-state index contributed by atoms with van der Waals surface area (Å²) in [6.45, 7) is 3.81. The van der Waals surface area contributed by atoms with Gasteiger partial charge in [-0.1, -0.05) is 18.2 Å². The molecule has 0 spiro atoms. The lowest BCUT2D eigenvalue weighted by atomic mass is 9.54. The fraction of sp³-hybridized carbons (Fsp3) is 0.600. The molecule has 1 atom stereocenters. The minimum Gasteiger partial charge on any atom is -0.465 e. The third-order valence-electron chi connectivity index (χ3n) is 7.97. The zero-order valence-electron chi connectivity index (χ0n) is 17.9. The van der Waals surface area contributed by atoms with Crippen molar-refractivity contribution < 1.29 is 14.3 Å². The first-order valence-electron chi connectivity index (χ1n) is 11.5. The Balaban J connectivity index is 1.40. The fourth-order valence-corrected chi connectivity index (χ4v) is 6.67. The van der Waals surface area contributed by atoms with Gasteiger partial charge in [0.05, 0.1) is 6.61 Å². The second-order valence-electron chi connectivity index (χ2n) is 10.0. The number of aromatic nitrogens is 1. The highest BCUT2D eigenvalue weighted by molar-refractivity contribution is 6.03. The zero-order valence-corrected chi connectivity index (χ0v) is 17.9. The van der Waals surface area contributed by atoms with E-state index in [0.717, 1.165) is 28.3 Å². The number of esters is 1. The highest BCUT2D eigenvalue weighted by atomic mass is 16.5. The van der Waals surface area contributed by atoms with E-state index >= 15 is 0 Å². The van der Waals surface area contributed by atoms with Crippen LogP contribution in [0.5, 0.6) is 0 Å². The number of hydrogen-bond donors (Lipinski definition) is 2. The second kappa shape index (κ2) is 7.44. The van der Waals surface area contributed by atoms with Gasteiger partial charge in [-0.05, 0) is 87.7 Å². The van der Waals surface area contributed by atoms with E-state index in [2.05, 4.69) is 10.3 Å². The normalized spacial score (nSPS) is 31.5. The van der Waals surface area contributed by atoms with Crippen molar-refractivity contribution in [1.82, 2.24) is 10.3 Å². The molecule has 4 aliphatic rings. The summed E-state index contributed by atoms with van der Waals surface area (Å²) in [4.78, 5) is 29.9. The molecule has 0 saturated heterocycles. The molecule has 160 valence electrons. The maximum atomic E-state index is 13.6. The van der Waals surface area contributed by atoms with E-state index in [9.17, 15) is 9.59 Å². The Hall–Kier alpha value is -2.30. The van der Waals surface area contributed by atoms with Crippen molar-refractivity contribution in [2.24, 2.45) is 29.1 Å². The number of para-hydroxylation sites is 1. The molecule has 4 bridgehead atoms. The Kier molecular flexibility index (Phi) is 4.87. The molecule has 5 nitrogen and oxygen atoms in total. The van der Waals surface area contributed by atoms with Crippen LogP contribution in [0.25, 0.3) is 10.9 Å². The number of benzene rings is 1. The number of ether oxygens (including phenoxy) is 1. The SMILES string of the molecule is CCOC(=O)C(C)(Cc1c[nH]c2ccccc12)C(=O)NC1C2CC3CC(C2)CC1C3. The quantitative estimate of drug-likeness (QED) is 0.555. The Morgan fingerprint density at radius 2 is 1.77 bits per heavy atom. The van der Waals surface area contributed by atoms with Gasteiger partial charge in [-0.25, -0.2) is 0 Å². The predicted octanol–water partition coefficient (Wildman–Crippen LogP) is 4.22. The molecule has 1 aromatic carbocycles. The molecule has 6 rings (SSSR count). The molecule has 0 radical (unpaired) electrons.